The van der Waals surface area contributed by atoms with E-state index in [1.807, 2.05) is 54.3 Å². The van der Waals surface area contributed by atoms with Gasteiger partial charge in [0.15, 0.2) is 0 Å². The Morgan fingerprint density at radius 3 is 2.25 bits per heavy atom. The molecule has 0 bridgehead atoms. The number of carbonyl (C=O) groups is 1. The molecular formula is C20H24N2O2. The predicted octanol–water partition coefficient (Wildman–Crippen LogP) is 2.98. The Morgan fingerprint density at radius 2 is 1.62 bits per heavy atom. The van der Waals surface area contributed by atoms with Crippen LogP contribution in [-0.4, -0.2) is 43.6 Å². The molecule has 0 N–H and O–H groups in total. The number of hydrogen-bond acceptors (Lipinski definition) is 3. The van der Waals surface area contributed by atoms with Crippen LogP contribution in [0.5, 0.6) is 5.75 Å². The van der Waals surface area contributed by atoms with E-state index in [0.29, 0.717) is 13.0 Å². The summed E-state index contributed by atoms with van der Waals surface area (Å²) in [7, 11) is 0. The van der Waals surface area contributed by atoms with Crippen LogP contribution < -0.4 is 9.64 Å². The topological polar surface area (TPSA) is 32.8 Å². The molecule has 0 unspecified atom stereocenters. The van der Waals surface area contributed by atoms with E-state index in [9.17, 15) is 4.79 Å². The van der Waals surface area contributed by atoms with Gasteiger partial charge in [-0.3, -0.25) is 4.79 Å². The highest BCUT2D eigenvalue weighted by Gasteiger charge is 2.21. The minimum Gasteiger partial charge on any atom is -0.494 e. The third-order valence-electron chi connectivity index (χ3n) is 4.34. The third-order valence-corrected chi connectivity index (χ3v) is 4.34. The quantitative estimate of drug-likeness (QED) is 0.848. The van der Waals surface area contributed by atoms with Crippen molar-refractivity contribution in [2.75, 3.05) is 37.7 Å². The van der Waals surface area contributed by atoms with E-state index in [-0.39, 0.29) is 5.91 Å². The average Bonchev–Trinajstić information content (AvgIpc) is 2.64. The zero-order valence-corrected chi connectivity index (χ0v) is 14.1. The maximum Gasteiger partial charge on any atom is 0.227 e. The van der Waals surface area contributed by atoms with Crippen molar-refractivity contribution in [3.05, 3.63) is 60.2 Å². The van der Waals surface area contributed by atoms with Gasteiger partial charge in [0.2, 0.25) is 5.91 Å². The molecule has 4 heteroatoms. The molecule has 1 fully saturated rings. The average molecular weight is 324 g/mol. The Kier molecular flexibility index (Phi) is 5.36. The second-order valence-corrected chi connectivity index (χ2v) is 5.96. The molecule has 2 aromatic rings. The minimum absolute atomic E-state index is 0.215. The number of benzene rings is 2. The van der Waals surface area contributed by atoms with Crippen LogP contribution in [0, 0.1) is 0 Å². The number of nitrogens with zero attached hydrogens (tertiary/aromatic N) is 2. The molecule has 126 valence electrons. The van der Waals surface area contributed by atoms with E-state index in [2.05, 4.69) is 17.0 Å². The molecule has 3 rings (SSSR count). The Balaban J connectivity index is 1.52. The third kappa shape index (κ3) is 4.07. The molecule has 0 spiro atoms. The highest BCUT2D eigenvalue weighted by Crippen LogP contribution is 2.21. The zero-order valence-electron chi connectivity index (χ0n) is 14.1. The molecule has 0 aliphatic carbocycles. The normalized spacial score (nSPS) is 14.5. The highest BCUT2D eigenvalue weighted by atomic mass is 16.5. The van der Waals surface area contributed by atoms with E-state index >= 15 is 0 Å². The zero-order chi connectivity index (χ0) is 16.8. The number of anilines is 1. The first-order chi connectivity index (χ1) is 11.8. The Morgan fingerprint density at radius 1 is 0.958 bits per heavy atom. The Bertz CT molecular complexity index is 647. The first-order valence-corrected chi connectivity index (χ1v) is 8.56. The fraction of sp³-hybridized carbons (Fsp3) is 0.350. The van der Waals surface area contributed by atoms with Crippen molar-refractivity contribution in [2.24, 2.45) is 0 Å². The summed E-state index contributed by atoms with van der Waals surface area (Å²) in [5, 5.41) is 0. The van der Waals surface area contributed by atoms with Crippen molar-refractivity contribution in [3.8, 4) is 5.75 Å². The van der Waals surface area contributed by atoms with Gasteiger partial charge in [0, 0.05) is 31.9 Å². The lowest BCUT2D eigenvalue weighted by molar-refractivity contribution is -0.130. The smallest absolute Gasteiger partial charge is 0.227 e. The van der Waals surface area contributed by atoms with Crippen LogP contribution in [0.4, 0.5) is 5.69 Å². The number of rotatable bonds is 5. The summed E-state index contributed by atoms with van der Waals surface area (Å²) >= 11 is 0. The molecule has 0 radical (unpaired) electrons. The maximum atomic E-state index is 12.4. The molecule has 0 saturated carbocycles. The minimum atomic E-state index is 0.215. The van der Waals surface area contributed by atoms with Gasteiger partial charge in [-0.1, -0.05) is 30.3 Å². The number of amides is 1. The van der Waals surface area contributed by atoms with E-state index < -0.39 is 0 Å². The number of piperazine rings is 1. The van der Waals surface area contributed by atoms with Crippen LogP contribution >= 0.6 is 0 Å². The van der Waals surface area contributed by atoms with Crippen molar-refractivity contribution in [1.82, 2.24) is 4.90 Å². The van der Waals surface area contributed by atoms with Crippen LogP contribution in [0.3, 0.4) is 0 Å². The van der Waals surface area contributed by atoms with E-state index in [0.717, 1.165) is 37.5 Å². The van der Waals surface area contributed by atoms with Gasteiger partial charge < -0.3 is 14.5 Å². The Labute approximate surface area is 143 Å². The van der Waals surface area contributed by atoms with Gasteiger partial charge in [-0.15, -0.1) is 0 Å². The van der Waals surface area contributed by atoms with Crippen LogP contribution in [0.2, 0.25) is 0 Å². The monoisotopic (exact) mass is 324 g/mol. The molecule has 1 aliphatic heterocycles. The van der Waals surface area contributed by atoms with Crippen LogP contribution in [0.1, 0.15) is 12.5 Å². The molecule has 1 aliphatic rings. The molecule has 1 amide bonds. The number of carbonyl (C=O) groups excluding carboxylic acids is 1. The molecule has 2 aromatic carbocycles. The summed E-state index contributed by atoms with van der Waals surface area (Å²) in [6.45, 7) is 5.96. The second-order valence-electron chi connectivity index (χ2n) is 5.96. The number of hydrogen-bond donors (Lipinski definition) is 0. The van der Waals surface area contributed by atoms with E-state index in [4.69, 9.17) is 4.74 Å². The van der Waals surface area contributed by atoms with Gasteiger partial charge >= 0.3 is 0 Å². The van der Waals surface area contributed by atoms with Crippen LogP contribution in [-0.2, 0) is 11.2 Å². The van der Waals surface area contributed by atoms with Crippen molar-refractivity contribution in [3.63, 3.8) is 0 Å². The van der Waals surface area contributed by atoms with Gasteiger partial charge in [0.1, 0.15) is 5.75 Å². The lowest BCUT2D eigenvalue weighted by atomic mass is 10.1. The standard InChI is InChI=1S/C20H24N2O2/c1-2-24-19-10-8-18(9-11-19)21-12-14-22(15-13-21)20(23)16-17-6-4-3-5-7-17/h3-11H,2,12-16H2,1H3. The molecular weight excluding hydrogens is 300 g/mol. The molecule has 4 nitrogen and oxygen atoms in total. The first kappa shape index (κ1) is 16.4. The van der Waals surface area contributed by atoms with Gasteiger partial charge in [0.25, 0.3) is 0 Å². The van der Waals surface area contributed by atoms with Crippen molar-refractivity contribution >= 4 is 11.6 Å². The largest absolute Gasteiger partial charge is 0.494 e. The highest BCUT2D eigenvalue weighted by molar-refractivity contribution is 5.79. The molecule has 1 saturated heterocycles. The van der Waals surface area contributed by atoms with E-state index in [1.54, 1.807) is 0 Å². The Hall–Kier alpha value is -2.49. The summed E-state index contributed by atoms with van der Waals surface area (Å²) in [5.41, 5.74) is 2.27. The van der Waals surface area contributed by atoms with Crippen molar-refractivity contribution < 1.29 is 9.53 Å². The SMILES string of the molecule is CCOc1ccc(N2CCN(C(=O)Cc3ccccc3)CC2)cc1. The fourth-order valence-electron chi connectivity index (χ4n) is 3.02. The van der Waals surface area contributed by atoms with Crippen LogP contribution in [0.25, 0.3) is 0 Å². The van der Waals surface area contributed by atoms with Crippen LogP contribution in [0.15, 0.2) is 54.6 Å². The molecule has 0 atom stereocenters. The number of ether oxygens (including phenoxy) is 1. The summed E-state index contributed by atoms with van der Waals surface area (Å²) in [6, 6.07) is 18.1. The lowest BCUT2D eigenvalue weighted by Gasteiger charge is -2.36. The predicted molar refractivity (Wildman–Crippen MR) is 96.6 cm³/mol. The maximum absolute atomic E-state index is 12.4. The lowest BCUT2D eigenvalue weighted by Crippen LogP contribution is -2.49. The summed E-state index contributed by atoms with van der Waals surface area (Å²) in [6.07, 6.45) is 0.490. The van der Waals surface area contributed by atoms with E-state index in [1.165, 1.54) is 5.69 Å². The molecule has 1 heterocycles. The van der Waals surface area contributed by atoms with Crippen molar-refractivity contribution in [1.29, 1.82) is 0 Å². The summed E-state index contributed by atoms with van der Waals surface area (Å²) < 4.78 is 5.48. The van der Waals surface area contributed by atoms with Gasteiger partial charge in [-0.25, -0.2) is 0 Å². The molecule has 24 heavy (non-hydrogen) atoms. The summed E-state index contributed by atoms with van der Waals surface area (Å²) in [4.78, 5) is 16.7. The van der Waals surface area contributed by atoms with Gasteiger partial charge in [-0.2, -0.15) is 0 Å². The second kappa shape index (κ2) is 7.86. The van der Waals surface area contributed by atoms with Gasteiger partial charge in [0.05, 0.1) is 13.0 Å². The first-order valence-electron chi connectivity index (χ1n) is 8.56. The van der Waals surface area contributed by atoms with Crippen molar-refractivity contribution in [2.45, 2.75) is 13.3 Å². The molecule has 0 aromatic heterocycles. The summed E-state index contributed by atoms with van der Waals surface area (Å²) in [5.74, 6) is 1.12. The van der Waals surface area contributed by atoms with Gasteiger partial charge in [-0.05, 0) is 36.8 Å². The fourth-order valence-corrected chi connectivity index (χ4v) is 3.02.